The van der Waals surface area contributed by atoms with Crippen molar-refractivity contribution in [3.05, 3.63) is 83.9 Å². The predicted octanol–water partition coefficient (Wildman–Crippen LogP) is 3.57. The lowest BCUT2D eigenvalue weighted by atomic mass is 10.1. The molecule has 9 heteroatoms. The highest BCUT2D eigenvalue weighted by Crippen LogP contribution is 2.28. The summed E-state index contributed by atoms with van der Waals surface area (Å²) in [5, 5.41) is 0. The van der Waals surface area contributed by atoms with Crippen LogP contribution in [0.5, 0.6) is 11.5 Å². The number of ether oxygens (including phenoxy) is 3. The lowest BCUT2D eigenvalue weighted by Gasteiger charge is -2.19. The Kier molecular flexibility index (Phi) is 7.34. The second-order valence-corrected chi connectivity index (χ2v) is 8.87. The van der Waals surface area contributed by atoms with E-state index in [9.17, 15) is 18.0 Å². The largest absolute Gasteiger partial charge is 0.493 e. The van der Waals surface area contributed by atoms with E-state index >= 15 is 0 Å². The molecule has 0 aliphatic heterocycles. The van der Waals surface area contributed by atoms with Gasteiger partial charge < -0.3 is 14.2 Å². The number of hydrogen-bond donors (Lipinski definition) is 0. The zero-order valence-corrected chi connectivity index (χ0v) is 19.2. The Labute approximate surface area is 192 Å². The van der Waals surface area contributed by atoms with Crippen LogP contribution in [0.25, 0.3) is 0 Å². The molecular formula is C24H23NO7S. The van der Waals surface area contributed by atoms with Gasteiger partial charge in [0, 0.05) is 12.6 Å². The molecule has 0 N–H and O–H groups in total. The van der Waals surface area contributed by atoms with Gasteiger partial charge in [-0.3, -0.25) is 9.10 Å². The topological polar surface area (TPSA) is 99.2 Å². The lowest BCUT2D eigenvalue weighted by molar-refractivity contribution is 0.0474. The fourth-order valence-electron chi connectivity index (χ4n) is 3.01. The van der Waals surface area contributed by atoms with E-state index in [2.05, 4.69) is 0 Å². The summed E-state index contributed by atoms with van der Waals surface area (Å²) in [4.78, 5) is 24.7. The first-order valence-corrected chi connectivity index (χ1v) is 11.3. The number of nitrogens with zero attached hydrogens (tertiary/aromatic N) is 1. The van der Waals surface area contributed by atoms with Gasteiger partial charge in [0.15, 0.2) is 23.9 Å². The molecule has 33 heavy (non-hydrogen) atoms. The number of carbonyl (C=O) groups is 2. The second kappa shape index (κ2) is 10.2. The van der Waals surface area contributed by atoms with Gasteiger partial charge in [0.25, 0.3) is 10.0 Å². The normalized spacial score (nSPS) is 10.9. The van der Waals surface area contributed by atoms with Gasteiger partial charge in [0.1, 0.15) is 0 Å². The molecule has 0 radical (unpaired) electrons. The average molecular weight is 470 g/mol. The highest BCUT2D eigenvalue weighted by atomic mass is 32.2. The number of hydrogen-bond acceptors (Lipinski definition) is 7. The molecule has 3 aromatic rings. The summed E-state index contributed by atoms with van der Waals surface area (Å²) in [6, 6.07) is 18.6. The number of esters is 1. The number of anilines is 1. The minimum Gasteiger partial charge on any atom is -0.493 e. The van der Waals surface area contributed by atoms with Crippen molar-refractivity contribution < 1.29 is 32.2 Å². The maximum absolute atomic E-state index is 12.8. The number of ketones is 1. The van der Waals surface area contributed by atoms with E-state index in [1.54, 1.807) is 42.5 Å². The molecule has 0 unspecified atom stereocenters. The van der Waals surface area contributed by atoms with Crippen molar-refractivity contribution in [1.29, 1.82) is 0 Å². The molecule has 8 nitrogen and oxygen atoms in total. The first-order chi connectivity index (χ1) is 15.8. The number of para-hydroxylation sites is 1. The van der Waals surface area contributed by atoms with Crippen molar-refractivity contribution in [2.75, 3.05) is 32.2 Å². The third-order valence-corrected chi connectivity index (χ3v) is 6.71. The number of methoxy groups -OCH3 is 2. The van der Waals surface area contributed by atoms with Crippen LogP contribution >= 0.6 is 0 Å². The molecule has 0 spiro atoms. The summed E-state index contributed by atoms with van der Waals surface area (Å²) in [5.41, 5.74) is 0.928. The average Bonchev–Trinajstić information content (AvgIpc) is 2.86. The van der Waals surface area contributed by atoms with Crippen molar-refractivity contribution in [3.63, 3.8) is 0 Å². The van der Waals surface area contributed by atoms with Gasteiger partial charge in [0.05, 0.1) is 30.4 Å². The molecule has 0 aromatic heterocycles. The molecule has 3 rings (SSSR count). The number of rotatable bonds is 9. The van der Waals surface area contributed by atoms with Crippen LogP contribution < -0.4 is 13.8 Å². The quantitative estimate of drug-likeness (QED) is 0.349. The van der Waals surface area contributed by atoms with E-state index in [4.69, 9.17) is 14.2 Å². The van der Waals surface area contributed by atoms with Gasteiger partial charge in [-0.25, -0.2) is 13.2 Å². The molecule has 0 saturated carbocycles. The van der Waals surface area contributed by atoms with E-state index in [0.29, 0.717) is 22.7 Å². The van der Waals surface area contributed by atoms with Gasteiger partial charge in [-0.05, 0) is 54.6 Å². The molecular weight excluding hydrogens is 446 g/mol. The van der Waals surface area contributed by atoms with E-state index in [0.717, 1.165) is 4.31 Å². The number of Topliss-reactive ketones (excluding diaryl/α,β-unsaturated/α-hetero) is 1. The summed E-state index contributed by atoms with van der Waals surface area (Å²) in [6.45, 7) is -0.481. The molecule has 172 valence electrons. The Hall–Kier alpha value is -3.85. The van der Waals surface area contributed by atoms with Crippen LogP contribution in [-0.4, -0.2) is 48.0 Å². The molecule has 0 amide bonds. The van der Waals surface area contributed by atoms with Crippen LogP contribution in [0.1, 0.15) is 20.7 Å². The molecule has 0 bridgehead atoms. The third-order valence-electron chi connectivity index (χ3n) is 4.91. The number of carbonyl (C=O) groups excluding carboxylic acids is 2. The summed E-state index contributed by atoms with van der Waals surface area (Å²) < 4.78 is 42.2. The van der Waals surface area contributed by atoms with Crippen molar-refractivity contribution in [3.8, 4) is 11.5 Å². The Morgan fingerprint density at radius 2 is 1.42 bits per heavy atom. The van der Waals surface area contributed by atoms with Crippen molar-refractivity contribution in [1.82, 2.24) is 0 Å². The highest BCUT2D eigenvalue weighted by molar-refractivity contribution is 7.92. The maximum Gasteiger partial charge on any atom is 0.338 e. The van der Waals surface area contributed by atoms with Crippen LogP contribution in [0.3, 0.4) is 0 Å². The summed E-state index contributed by atoms with van der Waals surface area (Å²) in [6.07, 6.45) is 0. The summed E-state index contributed by atoms with van der Waals surface area (Å²) in [5.74, 6) is -0.317. The first kappa shape index (κ1) is 23.8. The Morgan fingerprint density at radius 3 is 2.03 bits per heavy atom. The van der Waals surface area contributed by atoms with Gasteiger partial charge >= 0.3 is 5.97 Å². The van der Waals surface area contributed by atoms with Crippen LogP contribution in [0, 0.1) is 0 Å². The summed E-state index contributed by atoms with van der Waals surface area (Å²) >= 11 is 0. The molecule has 0 saturated heterocycles. The van der Waals surface area contributed by atoms with Gasteiger partial charge in [0.2, 0.25) is 0 Å². The van der Waals surface area contributed by atoms with Crippen LogP contribution in [-0.2, 0) is 14.8 Å². The maximum atomic E-state index is 12.8. The molecule has 0 heterocycles. The number of sulfonamides is 1. The SMILES string of the molecule is COc1ccc(C(=O)COC(=O)c2ccc(S(=O)(=O)N(C)c3ccccc3)cc2)cc1OC. The van der Waals surface area contributed by atoms with Gasteiger partial charge in [-0.15, -0.1) is 0 Å². The highest BCUT2D eigenvalue weighted by Gasteiger charge is 2.22. The fraction of sp³-hybridized carbons (Fsp3) is 0.167. The predicted molar refractivity (Wildman–Crippen MR) is 123 cm³/mol. The van der Waals surface area contributed by atoms with Crippen molar-refractivity contribution in [2.24, 2.45) is 0 Å². The summed E-state index contributed by atoms with van der Waals surface area (Å²) in [7, 11) is 0.583. The molecule has 0 fully saturated rings. The molecule has 3 aromatic carbocycles. The van der Waals surface area contributed by atoms with Crippen molar-refractivity contribution in [2.45, 2.75) is 4.90 Å². The van der Waals surface area contributed by atoms with Gasteiger partial charge in [-0.2, -0.15) is 0 Å². The smallest absolute Gasteiger partial charge is 0.338 e. The molecule has 0 atom stereocenters. The Balaban J connectivity index is 1.66. The molecule has 0 aliphatic rings. The second-order valence-electron chi connectivity index (χ2n) is 6.90. The fourth-order valence-corrected chi connectivity index (χ4v) is 4.20. The van der Waals surface area contributed by atoms with Crippen LogP contribution in [0.4, 0.5) is 5.69 Å². The van der Waals surface area contributed by atoms with E-state index in [1.807, 2.05) is 0 Å². The molecule has 0 aliphatic carbocycles. The van der Waals surface area contributed by atoms with E-state index in [-0.39, 0.29) is 10.5 Å². The Bertz CT molecular complexity index is 1240. The van der Waals surface area contributed by atoms with E-state index in [1.165, 1.54) is 51.6 Å². The van der Waals surface area contributed by atoms with E-state index < -0.39 is 28.4 Å². The van der Waals surface area contributed by atoms with Crippen molar-refractivity contribution >= 4 is 27.5 Å². The number of benzene rings is 3. The minimum absolute atomic E-state index is 0.0202. The van der Waals surface area contributed by atoms with Crippen LogP contribution in [0.2, 0.25) is 0 Å². The zero-order valence-electron chi connectivity index (χ0n) is 18.3. The standard InChI is InChI=1S/C24H23NO7S/c1-25(19-7-5-4-6-8-19)33(28,29)20-12-9-17(10-13-20)24(27)32-16-21(26)18-11-14-22(30-2)23(15-18)31-3/h4-15H,16H2,1-3H3. The zero-order chi connectivity index (χ0) is 24.0. The monoisotopic (exact) mass is 469 g/mol. The Morgan fingerprint density at radius 1 is 0.818 bits per heavy atom. The van der Waals surface area contributed by atoms with Gasteiger partial charge in [-0.1, -0.05) is 18.2 Å². The lowest BCUT2D eigenvalue weighted by Crippen LogP contribution is -2.26. The first-order valence-electron chi connectivity index (χ1n) is 9.84. The minimum atomic E-state index is -3.80. The third kappa shape index (κ3) is 5.32. The van der Waals surface area contributed by atoms with Crippen LogP contribution in [0.15, 0.2) is 77.7 Å².